The van der Waals surface area contributed by atoms with Crippen LogP contribution in [0.25, 0.3) is 0 Å². The van der Waals surface area contributed by atoms with Crippen LogP contribution in [0.3, 0.4) is 0 Å². The lowest BCUT2D eigenvalue weighted by Gasteiger charge is -2.22. The molecule has 1 unspecified atom stereocenters. The number of nitrogens with one attached hydrogen (secondary N) is 1. The minimum absolute atomic E-state index is 0.116. The molecule has 21 heavy (non-hydrogen) atoms. The highest BCUT2D eigenvalue weighted by Crippen LogP contribution is 2.41. The SMILES string of the molecule is CCC(O)CCNC(=O)c1cc(C2CC2)n(C(C)(C)C)n1. The summed E-state index contributed by atoms with van der Waals surface area (Å²) in [6, 6.07) is 1.93. The molecule has 0 aliphatic heterocycles. The maximum atomic E-state index is 12.2. The lowest BCUT2D eigenvalue weighted by Crippen LogP contribution is -2.29. The molecule has 1 aromatic heterocycles. The zero-order valence-electron chi connectivity index (χ0n) is 13.5. The highest BCUT2D eigenvalue weighted by Gasteiger charge is 2.32. The van der Waals surface area contributed by atoms with Gasteiger partial charge in [-0.05, 0) is 52.5 Å². The Bertz CT molecular complexity index is 498. The van der Waals surface area contributed by atoms with Crippen LogP contribution in [0.4, 0.5) is 0 Å². The van der Waals surface area contributed by atoms with Gasteiger partial charge in [0.15, 0.2) is 0 Å². The van der Waals surface area contributed by atoms with Gasteiger partial charge in [0.25, 0.3) is 5.91 Å². The number of aromatic nitrogens is 2. The second kappa shape index (κ2) is 6.18. The zero-order chi connectivity index (χ0) is 15.6. The van der Waals surface area contributed by atoms with Crippen molar-refractivity contribution < 1.29 is 9.90 Å². The van der Waals surface area contributed by atoms with Gasteiger partial charge in [0.2, 0.25) is 0 Å². The maximum Gasteiger partial charge on any atom is 0.271 e. The summed E-state index contributed by atoms with van der Waals surface area (Å²) in [6.45, 7) is 8.72. The predicted octanol–water partition coefficient (Wildman–Crippen LogP) is 2.41. The van der Waals surface area contributed by atoms with Gasteiger partial charge < -0.3 is 10.4 Å². The fraction of sp³-hybridized carbons (Fsp3) is 0.750. The van der Waals surface area contributed by atoms with E-state index < -0.39 is 0 Å². The quantitative estimate of drug-likeness (QED) is 0.846. The largest absolute Gasteiger partial charge is 0.393 e. The van der Waals surface area contributed by atoms with Crippen molar-refractivity contribution in [2.24, 2.45) is 0 Å². The number of hydrogen-bond acceptors (Lipinski definition) is 3. The number of amides is 1. The van der Waals surface area contributed by atoms with Crippen LogP contribution in [0.1, 0.15) is 75.5 Å². The van der Waals surface area contributed by atoms with Crippen LogP contribution in [0.5, 0.6) is 0 Å². The van der Waals surface area contributed by atoms with Crippen LogP contribution in [0, 0.1) is 0 Å². The van der Waals surface area contributed by atoms with Gasteiger partial charge in [-0.3, -0.25) is 9.48 Å². The Morgan fingerprint density at radius 3 is 2.71 bits per heavy atom. The molecule has 0 aromatic carbocycles. The molecular formula is C16H27N3O2. The molecule has 1 aliphatic rings. The normalized spacial score (nSPS) is 16.8. The first-order valence-electron chi connectivity index (χ1n) is 7.89. The van der Waals surface area contributed by atoms with Gasteiger partial charge in [0.1, 0.15) is 5.69 Å². The van der Waals surface area contributed by atoms with E-state index in [0.717, 1.165) is 0 Å². The fourth-order valence-corrected chi connectivity index (χ4v) is 2.36. The summed E-state index contributed by atoms with van der Waals surface area (Å²) in [5.41, 5.74) is 1.54. The van der Waals surface area contributed by atoms with Crippen LogP contribution in [0.15, 0.2) is 6.07 Å². The first-order valence-corrected chi connectivity index (χ1v) is 7.89. The minimum Gasteiger partial charge on any atom is -0.393 e. The highest BCUT2D eigenvalue weighted by atomic mass is 16.3. The Hall–Kier alpha value is -1.36. The molecule has 1 aliphatic carbocycles. The summed E-state index contributed by atoms with van der Waals surface area (Å²) in [5, 5.41) is 16.8. The lowest BCUT2D eigenvalue weighted by molar-refractivity contribution is 0.0935. The topological polar surface area (TPSA) is 67.2 Å². The van der Waals surface area contributed by atoms with Gasteiger partial charge in [-0.1, -0.05) is 6.92 Å². The molecule has 1 aromatic rings. The Morgan fingerprint density at radius 1 is 1.52 bits per heavy atom. The molecule has 5 nitrogen and oxygen atoms in total. The standard InChI is InChI=1S/C16H27N3O2/c1-5-12(20)8-9-17-15(21)13-10-14(11-6-7-11)19(18-13)16(2,3)4/h10-12,20H,5-9H2,1-4H3,(H,17,21). The van der Waals surface area contributed by atoms with Crippen molar-refractivity contribution in [1.82, 2.24) is 15.1 Å². The molecule has 1 amide bonds. The van der Waals surface area contributed by atoms with Crippen LogP contribution in [0.2, 0.25) is 0 Å². The van der Waals surface area contributed by atoms with Crippen molar-refractivity contribution in [3.63, 3.8) is 0 Å². The van der Waals surface area contributed by atoms with E-state index in [4.69, 9.17) is 0 Å². The van der Waals surface area contributed by atoms with E-state index in [-0.39, 0.29) is 17.6 Å². The van der Waals surface area contributed by atoms with Crippen LogP contribution >= 0.6 is 0 Å². The van der Waals surface area contributed by atoms with Gasteiger partial charge in [-0.15, -0.1) is 0 Å². The summed E-state index contributed by atoms with van der Waals surface area (Å²) < 4.78 is 1.99. The Balaban J connectivity index is 2.04. The van der Waals surface area contributed by atoms with Crippen molar-refractivity contribution in [3.05, 3.63) is 17.5 Å². The molecule has 0 saturated heterocycles. The molecule has 0 spiro atoms. The van der Waals surface area contributed by atoms with Crippen molar-refractivity contribution >= 4 is 5.91 Å². The van der Waals surface area contributed by atoms with Crippen LogP contribution in [-0.2, 0) is 5.54 Å². The van der Waals surface area contributed by atoms with Gasteiger partial charge >= 0.3 is 0 Å². The van der Waals surface area contributed by atoms with Crippen molar-refractivity contribution in [2.75, 3.05) is 6.54 Å². The number of rotatable bonds is 6. The number of aliphatic hydroxyl groups excluding tert-OH is 1. The number of hydrogen-bond donors (Lipinski definition) is 2. The van der Waals surface area contributed by atoms with E-state index in [1.54, 1.807) is 0 Å². The van der Waals surface area contributed by atoms with Gasteiger partial charge in [-0.2, -0.15) is 5.10 Å². The molecule has 1 fully saturated rings. The summed E-state index contributed by atoms with van der Waals surface area (Å²) in [4.78, 5) is 12.2. The molecule has 2 N–H and O–H groups in total. The molecular weight excluding hydrogens is 266 g/mol. The summed E-state index contributed by atoms with van der Waals surface area (Å²) in [6.07, 6.45) is 3.31. The van der Waals surface area contributed by atoms with Gasteiger partial charge in [-0.25, -0.2) is 0 Å². The fourth-order valence-electron chi connectivity index (χ4n) is 2.36. The summed E-state index contributed by atoms with van der Waals surface area (Å²) >= 11 is 0. The van der Waals surface area contributed by atoms with E-state index in [1.807, 2.05) is 17.7 Å². The zero-order valence-corrected chi connectivity index (χ0v) is 13.5. The van der Waals surface area contributed by atoms with Crippen LogP contribution < -0.4 is 5.32 Å². The van der Waals surface area contributed by atoms with Gasteiger partial charge in [0.05, 0.1) is 11.6 Å². The van der Waals surface area contributed by atoms with E-state index in [2.05, 4.69) is 31.2 Å². The average molecular weight is 293 g/mol. The lowest BCUT2D eigenvalue weighted by atomic mass is 10.1. The highest BCUT2D eigenvalue weighted by molar-refractivity contribution is 5.92. The molecule has 0 bridgehead atoms. The molecule has 1 atom stereocenters. The Morgan fingerprint density at radius 2 is 2.19 bits per heavy atom. The third kappa shape index (κ3) is 4.06. The molecule has 1 heterocycles. The average Bonchev–Trinajstić information content (AvgIpc) is 3.15. The van der Waals surface area contributed by atoms with E-state index >= 15 is 0 Å². The minimum atomic E-state index is -0.348. The summed E-state index contributed by atoms with van der Waals surface area (Å²) in [5.74, 6) is 0.406. The first-order chi connectivity index (χ1) is 9.82. The van der Waals surface area contributed by atoms with Crippen molar-refractivity contribution in [3.8, 4) is 0 Å². The molecule has 118 valence electrons. The molecule has 1 saturated carbocycles. The Labute approximate surface area is 126 Å². The van der Waals surface area contributed by atoms with Crippen molar-refractivity contribution in [1.29, 1.82) is 0 Å². The molecule has 5 heteroatoms. The first kappa shape index (κ1) is 16.0. The van der Waals surface area contributed by atoms with Crippen LogP contribution in [-0.4, -0.2) is 33.4 Å². The number of carbonyl (C=O) groups excluding carboxylic acids is 1. The Kier molecular flexibility index (Phi) is 4.71. The third-order valence-electron chi connectivity index (χ3n) is 3.83. The van der Waals surface area contributed by atoms with Crippen molar-refractivity contribution in [2.45, 2.75) is 70.9 Å². The number of carbonyl (C=O) groups is 1. The van der Waals surface area contributed by atoms with E-state index in [1.165, 1.54) is 18.5 Å². The molecule has 0 radical (unpaired) electrons. The van der Waals surface area contributed by atoms with E-state index in [0.29, 0.717) is 31.0 Å². The smallest absolute Gasteiger partial charge is 0.271 e. The molecule has 2 rings (SSSR count). The monoisotopic (exact) mass is 293 g/mol. The summed E-state index contributed by atoms with van der Waals surface area (Å²) in [7, 11) is 0. The number of nitrogens with zero attached hydrogens (tertiary/aromatic N) is 2. The second-order valence-electron chi connectivity index (χ2n) is 6.92. The third-order valence-corrected chi connectivity index (χ3v) is 3.83. The second-order valence-corrected chi connectivity index (χ2v) is 6.92. The predicted molar refractivity (Wildman–Crippen MR) is 82.4 cm³/mol. The maximum absolute atomic E-state index is 12.2. The number of aliphatic hydroxyl groups is 1. The van der Waals surface area contributed by atoms with E-state index in [9.17, 15) is 9.90 Å². The van der Waals surface area contributed by atoms with Gasteiger partial charge in [0, 0.05) is 18.2 Å².